The normalized spacial score (nSPS) is 10.9. The van der Waals surface area contributed by atoms with Gasteiger partial charge in [0.15, 0.2) is 5.16 Å². The molecule has 0 atom stereocenters. The van der Waals surface area contributed by atoms with E-state index in [0.717, 1.165) is 33.2 Å². The van der Waals surface area contributed by atoms with Gasteiger partial charge >= 0.3 is 0 Å². The summed E-state index contributed by atoms with van der Waals surface area (Å²) in [5.74, 6) is 0.0845. The first-order valence-corrected chi connectivity index (χ1v) is 11.4. The molecular formula is C21H18ClN5OS2. The molecule has 4 rings (SSSR count). The molecule has 0 saturated carbocycles. The average molecular weight is 456 g/mol. The molecule has 6 nitrogen and oxygen atoms in total. The van der Waals surface area contributed by atoms with Crippen LogP contribution in [0.1, 0.15) is 10.6 Å². The average Bonchev–Trinajstić information content (AvgIpc) is 3.38. The van der Waals surface area contributed by atoms with Crippen molar-refractivity contribution in [3.63, 3.8) is 0 Å². The number of thiazole rings is 1. The number of carbonyl (C=O) groups is 1. The number of rotatable bonds is 6. The second kappa shape index (κ2) is 8.99. The van der Waals surface area contributed by atoms with Crippen molar-refractivity contribution in [2.45, 2.75) is 19.0 Å². The topological polar surface area (TPSA) is 72.7 Å². The quantitative estimate of drug-likeness (QED) is 0.394. The van der Waals surface area contributed by atoms with Gasteiger partial charge in [-0.1, -0.05) is 41.6 Å². The van der Waals surface area contributed by atoms with Gasteiger partial charge in [-0.25, -0.2) is 4.98 Å². The lowest BCUT2D eigenvalue weighted by atomic mass is 10.1. The third kappa shape index (κ3) is 4.72. The first-order valence-electron chi connectivity index (χ1n) is 9.11. The highest BCUT2D eigenvalue weighted by Gasteiger charge is 2.12. The number of anilines is 1. The monoisotopic (exact) mass is 455 g/mol. The number of benzene rings is 2. The van der Waals surface area contributed by atoms with Crippen LogP contribution in [0.4, 0.5) is 5.69 Å². The molecule has 30 heavy (non-hydrogen) atoms. The summed E-state index contributed by atoms with van der Waals surface area (Å²) in [5.41, 5.74) is 4.46. The van der Waals surface area contributed by atoms with Crippen molar-refractivity contribution in [3.05, 3.63) is 69.8 Å². The Balaban J connectivity index is 1.42. The fourth-order valence-corrected chi connectivity index (χ4v) is 4.34. The number of hydrogen-bond donors (Lipinski definition) is 1. The largest absolute Gasteiger partial charge is 0.325 e. The summed E-state index contributed by atoms with van der Waals surface area (Å²) >= 11 is 9.15. The lowest BCUT2D eigenvalue weighted by Gasteiger charge is -2.09. The molecule has 0 unspecified atom stereocenters. The Hall–Kier alpha value is -2.68. The summed E-state index contributed by atoms with van der Waals surface area (Å²) in [7, 11) is 0. The predicted molar refractivity (Wildman–Crippen MR) is 123 cm³/mol. The lowest BCUT2D eigenvalue weighted by Crippen LogP contribution is -2.14. The molecule has 0 fully saturated rings. The minimum atomic E-state index is -0.122. The Labute approximate surface area is 187 Å². The van der Waals surface area contributed by atoms with Gasteiger partial charge in [-0.3, -0.25) is 9.36 Å². The van der Waals surface area contributed by atoms with Crippen LogP contribution in [-0.2, 0) is 4.79 Å². The minimum absolute atomic E-state index is 0.122. The van der Waals surface area contributed by atoms with Gasteiger partial charge in [-0.15, -0.1) is 21.5 Å². The molecule has 1 amide bonds. The summed E-state index contributed by atoms with van der Waals surface area (Å²) in [6.45, 7) is 3.92. The zero-order chi connectivity index (χ0) is 21.1. The summed E-state index contributed by atoms with van der Waals surface area (Å²) in [4.78, 5) is 17.0. The van der Waals surface area contributed by atoms with Gasteiger partial charge in [0.05, 0.1) is 22.1 Å². The van der Waals surface area contributed by atoms with E-state index in [1.807, 2.05) is 66.3 Å². The van der Waals surface area contributed by atoms with Crippen LogP contribution in [0, 0.1) is 13.8 Å². The van der Waals surface area contributed by atoms with E-state index in [1.54, 1.807) is 17.7 Å². The Bertz CT molecular complexity index is 1200. The Morgan fingerprint density at radius 2 is 2.10 bits per heavy atom. The van der Waals surface area contributed by atoms with Crippen LogP contribution in [0.5, 0.6) is 0 Å². The van der Waals surface area contributed by atoms with Crippen molar-refractivity contribution >= 4 is 46.3 Å². The van der Waals surface area contributed by atoms with Crippen LogP contribution in [0.25, 0.3) is 16.9 Å². The number of carbonyl (C=O) groups excluding carboxylic acids is 1. The summed E-state index contributed by atoms with van der Waals surface area (Å²) in [6.07, 6.45) is 1.61. The third-order valence-corrected chi connectivity index (χ3v) is 6.47. The molecule has 0 saturated heterocycles. The summed E-state index contributed by atoms with van der Waals surface area (Å²) in [5, 5.41) is 15.3. The number of aromatic nitrogens is 4. The zero-order valence-electron chi connectivity index (χ0n) is 16.3. The Morgan fingerprint density at radius 3 is 2.87 bits per heavy atom. The summed E-state index contributed by atoms with van der Waals surface area (Å²) in [6, 6.07) is 13.4. The van der Waals surface area contributed by atoms with Gasteiger partial charge in [0, 0.05) is 21.7 Å². The molecule has 0 aliphatic heterocycles. The van der Waals surface area contributed by atoms with Crippen molar-refractivity contribution in [2.75, 3.05) is 11.1 Å². The highest BCUT2D eigenvalue weighted by Crippen LogP contribution is 2.26. The van der Waals surface area contributed by atoms with Crippen molar-refractivity contribution in [2.24, 2.45) is 0 Å². The molecular weight excluding hydrogens is 438 g/mol. The molecule has 1 N–H and O–H groups in total. The highest BCUT2D eigenvalue weighted by atomic mass is 35.5. The first-order chi connectivity index (χ1) is 14.5. The van der Waals surface area contributed by atoms with Crippen molar-refractivity contribution in [1.82, 2.24) is 19.7 Å². The van der Waals surface area contributed by atoms with Crippen molar-refractivity contribution in [1.29, 1.82) is 0 Å². The minimum Gasteiger partial charge on any atom is -0.325 e. The SMILES string of the molecule is Cc1nc(-c2cccc(NC(=O)CSc3nncn3-c3ccc(C)c(Cl)c3)c2)cs1. The maximum absolute atomic E-state index is 12.5. The number of thioether (sulfide) groups is 1. The number of nitrogens with zero attached hydrogens (tertiary/aromatic N) is 4. The molecule has 2 aromatic carbocycles. The summed E-state index contributed by atoms with van der Waals surface area (Å²) < 4.78 is 1.81. The molecule has 2 aromatic heterocycles. The number of halogens is 1. The highest BCUT2D eigenvalue weighted by molar-refractivity contribution is 7.99. The molecule has 0 aliphatic carbocycles. The lowest BCUT2D eigenvalue weighted by molar-refractivity contribution is -0.113. The van der Waals surface area contributed by atoms with Crippen LogP contribution >= 0.6 is 34.7 Å². The number of nitrogens with one attached hydrogen (secondary N) is 1. The van der Waals surface area contributed by atoms with E-state index in [0.29, 0.717) is 10.2 Å². The molecule has 152 valence electrons. The van der Waals surface area contributed by atoms with E-state index in [4.69, 9.17) is 11.6 Å². The number of hydrogen-bond acceptors (Lipinski definition) is 6. The smallest absolute Gasteiger partial charge is 0.234 e. The second-order valence-corrected chi connectivity index (χ2v) is 9.00. The van der Waals surface area contributed by atoms with E-state index in [9.17, 15) is 4.79 Å². The molecule has 0 bridgehead atoms. The Kier molecular flexibility index (Phi) is 6.17. The van der Waals surface area contributed by atoms with Gasteiger partial charge in [-0.05, 0) is 43.7 Å². The molecule has 0 aliphatic rings. The van der Waals surface area contributed by atoms with Crippen LogP contribution in [-0.4, -0.2) is 31.4 Å². The van der Waals surface area contributed by atoms with Gasteiger partial charge < -0.3 is 5.32 Å². The maximum atomic E-state index is 12.5. The second-order valence-electron chi connectivity index (χ2n) is 6.59. The van der Waals surface area contributed by atoms with E-state index in [1.165, 1.54) is 11.8 Å². The third-order valence-electron chi connectivity index (χ3n) is 4.34. The van der Waals surface area contributed by atoms with E-state index < -0.39 is 0 Å². The molecule has 9 heteroatoms. The van der Waals surface area contributed by atoms with Crippen LogP contribution in [0.3, 0.4) is 0 Å². The van der Waals surface area contributed by atoms with Crippen LogP contribution in [0.2, 0.25) is 5.02 Å². The van der Waals surface area contributed by atoms with E-state index in [2.05, 4.69) is 20.5 Å². The number of amides is 1. The standard InChI is InChI=1S/C21H18ClN5OS2/c1-13-6-7-17(9-18(13)22)27-12-23-26-21(27)30-11-20(28)25-16-5-3-4-15(8-16)19-10-29-14(2)24-19/h3-10,12H,11H2,1-2H3,(H,25,28). The fourth-order valence-electron chi connectivity index (χ4n) is 2.81. The maximum Gasteiger partial charge on any atom is 0.234 e. The van der Waals surface area contributed by atoms with Crippen LogP contribution < -0.4 is 5.32 Å². The van der Waals surface area contributed by atoms with E-state index in [-0.39, 0.29) is 11.7 Å². The fraction of sp³-hybridized carbons (Fsp3) is 0.143. The van der Waals surface area contributed by atoms with E-state index >= 15 is 0 Å². The Morgan fingerprint density at radius 1 is 1.23 bits per heavy atom. The van der Waals surface area contributed by atoms with Gasteiger partial charge in [-0.2, -0.15) is 0 Å². The van der Waals surface area contributed by atoms with Gasteiger partial charge in [0.25, 0.3) is 0 Å². The molecule has 2 heterocycles. The van der Waals surface area contributed by atoms with Gasteiger partial charge in [0.2, 0.25) is 5.91 Å². The number of aryl methyl sites for hydroxylation is 2. The van der Waals surface area contributed by atoms with Gasteiger partial charge in [0.1, 0.15) is 6.33 Å². The first kappa shape index (κ1) is 20.6. The predicted octanol–water partition coefficient (Wildman–Crippen LogP) is 5.39. The molecule has 0 spiro atoms. The van der Waals surface area contributed by atoms with Crippen LogP contribution in [0.15, 0.2) is 59.3 Å². The van der Waals surface area contributed by atoms with Crippen molar-refractivity contribution in [3.8, 4) is 16.9 Å². The zero-order valence-corrected chi connectivity index (χ0v) is 18.7. The van der Waals surface area contributed by atoms with Crippen molar-refractivity contribution < 1.29 is 4.79 Å². The molecule has 0 radical (unpaired) electrons. The molecule has 4 aromatic rings.